The van der Waals surface area contributed by atoms with Crippen LogP contribution in [0.2, 0.25) is 0 Å². The second kappa shape index (κ2) is 5.38. The van der Waals surface area contributed by atoms with Gasteiger partial charge >= 0.3 is 0 Å². The maximum atomic E-state index is 4.92. The molecule has 0 fully saturated rings. The number of thiocarbonyl (C=S) groups is 1. The topological polar surface area (TPSA) is 21.3 Å². The molecule has 3 heteroatoms. The van der Waals surface area contributed by atoms with Crippen LogP contribution in [0.25, 0.3) is 0 Å². The van der Waals surface area contributed by atoms with Gasteiger partial charge in [-0.25, -0.2) is 0 Å². The van der Waals surface area contributed by atoms with Crippen LogP contribution in [0, 0.1) is 0 Å². The minimum Gasteiger partial charge on any atom is -0.378 e. The van der Waals surface area contributed by atoms with E-state index in [1.807, 2.05) is 19.9 Å². The van der Waals surface area contributed by atoms with Gasteiger partial charge in [-0.15, -0.1) is 0 Å². The van der Waals surface area contributed by atoms with Crippen LogP contribution in [0.4, 0.5) is 0 Å². The standard InChI is InChI=1S/C7H13NOS/c1-4-6(2)8-7(10)5-9-3/h4H,5H2,1-3H3,(H,8,10)/b6-4+. The summed E-state index contributed by atoms with van der Waals surface area (Å²) in [4.78, 5) is 0.720. The van der Waals surface area contributed by atoms with Gasteiger partial charge in [-0.3, -0.25) is 0 Å². The molecular weight excluding hydrogens is 146 g/mol. The highest BCUT2D eigenvalue weighted by Gasteiger charge is 1.92. The van der Waals surface area contributed by atoms with Crippen LogP contribution >= 0.6 is 12.2 Å². The summed E-state index contributed by atoms with van der Waals surface area (Å²) in [5.41, 5.74) is 1.06. The minimum absolute atomic E-state index is 0.487. The molecule has 0 aliphatic rings. The predicted octanol–water partition coefficient (Wildman–Crippen LogP) is 1.47. The Morgan fingerprint density at radius 2 is 2.30 bits per heavy atom. The average Bonchev–Trinajstić information content (AvgIpc) is 1.88. The maximum Gasteiger partial charge on any atom is 0.106 e. The number of ether oxygens (including phenoxy) is 1. The lowest BCUT2D eigenvalue weighted by molar-refractivity contribution is 0.245. The first-order valence-corrected chi connectivity index (χ1v) is 3.53. The van der Waals surface area contributed by atoms with Crippen LogP contribution in [0.1, 0.15) is 13.8 Å². The van der Waals surface area contributed by atoms with Gasteiger partial charge in [0.2, 0.25) is 0 Å². The second-order valence-corrected chi connectivity index (χ2v) is 2.45. The lowest BCUT2D eigenvalue weighted by atomic mass is 10.4. The SMILES string of the molecule is C/C=C(\C)NC(=S)COC. The number of methoxy groups -OCH3 is 1. The molecule has 0 unspecified atom stereocenters. The highest BCUT2D eigenvalue weighted by Crippen LogP contribution is 1.85. The van der Waals surface area contributed by atoms with Crippen molar-refractivity contribution < 1.29 is 4.74 Å². The number of rotatable bonds is 3. The van der Waals surface area contributed by atoms with Crippen LogP contribution in [0.3, 0.4) is 0 Å². The first-order chi connectivity index (χ1) is 4.70. The number of allylic oxidation sites excluding steroid dienone is 2. The highest BCUT2D eigenvalue weighted by molar-refractivity contribution is 7.80. The van der Waals surface area contributed by atoms with E-state index in [1.165, 1.54) is 0 Å². The zero-order valence-corrected chi connectivity index (χ0v) is 7.42. The van der Waals surface area contributed by atoms with E-state index in [2.05, 4.69) is 5.32 Å². The molecule has 0 aliphatic carbocycles. The van der Waals surface area contributed by atoms with Crippen molar-refractivity contribution in [3.05, 3.63) is 11.8 Å². The Bertz CT molecular complexity index is 143. The van der Waals surface area contributed by atoms with Crippen LogP contribution in [-0.2, 0) is 4.74 Å². The van der Waals surface area contributed by atoms with Gasteiger partial charge in [0.15, 0.2) is 0 Å². The lowest BCUT2D eigenvalue weighted by Gasteiger charge is -2.05. The molecule has 0 saturated heterocycles. The Morgan fingerprint density at radius 3 is 2.70 bits per heavy atom. The van der Waals surface area contributed by atoms with Crippen molar-refractivity contribution in [3.8, 4) is 0 Å². The lowest BCUT2D eigenvalue weighted by Crippen LogP contribution is -2.23. The number of hydrogen-bond donors (Lipinski definition) is 1. The predicted molar refractivity (Wildman–Crippen MR) is 47.0 cm³/mol. The first-order valence-electron chi connectivity index (χ1n) is 3.12. The normalized spacial score (nSPS) is 11.3. The summed E-state index contributed by atoms with van der Waals surface area (Å²) < 4.78 is 4.82. The second-order valence-electron chi connectivity index (χ2n) is 1.95. The molecular formula is C7H13NOS. The molecule has 10 heavy (non-hydrogen) atoms. The molecule has 0 heterocycles. The van der Waals surface area contributed by atoms with Crippen LogP contribution in [0.15, 0.2) is 11.8 Å². The van der Waals surface area contributed by atoms with Crippen molar-refractivity contribution in [2.45, 2.75) is 13.8 Å². The van der Waals surface area contributed by atoms with Crippen molar-refractivity contribution in [1.82, 2.24) is 5.32 Å². The van der Waals surface area contributed by atoms with Crippen molar-refractivity contribution in [1.29, 1.82) is 0 Å². The van der Waals surface area contributed by atoms with Crippen LogP contribution in [0.5, 0.6) is 0 Å². The Hall–Kier alpha value is -0.410. The van der Waals surface area contributed by atoms with Crippen LogP contribution in [-0.4, -0.2) is 18.7 Å². The summed E-state index contributed by atoms with van der Waals surface area (Å²) in [5.74, 6) is 0. The molecule has 0 saturated carbocycles. The average molecular weight is 159 g/mol. The van der Waals surface area contributed by atoms with E-state index in [4.69, 9.17) is 17.0 Å². The van der Waals surface area contributed by atoms with Crippen molar-refractivity contribution in [3.63, 3.8) is 0 Å². The molecule has 58 valence electrons. The summed E-state index contributed by atoms with van der Waals surface area (Å²) in [6, 6.07) is 0. The van der Waals surface area contributed by atoms with E-state index in [1.54, 1.807) is 7.11 Å². The van der Waals surface area contributed by atoms with Gasteiger partial charge < -0.3 is 10.1 Å². The van der Waals surface area contributed by atoms with E-state index >= 15 is 0 Å². The summed E-state index contributed by atoms with van der Waals surface area (Å²) >= 11 is 4.92. The van der Waals surface area contributed by atoms with Crippen molar-refractivity contribution in [2.24, 2.45) is 0 Å². The van der Waals surface area contributed by atoms with Gasteiger partial charge in [-0.1, -0.05) is 18.3 Å². The third-order valence-corrected chi connectivity index (χ3v) is 1.26. The molecule has 0 aliphatic heterocycles. The highest BCUT2D eigenvalue weighted by atomic mass is 32.1. The summed E-state index contributed by atoms with van der Waals surface area (Å²) in [7, 11) is 1.62. The van der Waals surface area contributed by atoms with E-state index in [9.17, 15) is 0 Å². The molecule has 0 aromatic rings. The Morgan fingerprint density at radius 1 is 1.70 bits per heavy atom. The quantitative estimate of drug-likeness (QED) is 0.630. The summed E-state index contributed by atoms with van der Waals surface area (Å²) in [5, 5.41) is 3.00. The fourth-order valence-electron chi connectivity index (χ4n) is 0.459. The van der Waals surface area contributed by atoms with Gasteiger partial charge in [0.25, 0.3) is 0 Å². The van der Waals surface area contributed by atoms with E-state index < -0.39 is 0 Å². The molecule has 0 aromatic heterocycles. The van der Waals surface area contributed by atoms with Crippen molar-refractivity contribution in [2.75, 3.05) is 13.7 Å². The molecule has 2 nitrogen and oxygen atoms in total. The molecule has 0 atom stereocenters. The third kappa shape index (κ3) is 4.47. The molecule has 0 aromatic carbocycles. The Labute approximate surface area is 67.3 Å². The van der Waals surface area contributed by atoms with Crippen LogP contribution < -0.4 is 5.32 Å². The van der Waals surface area contributed by atoms with Gasteiger partial charge in [0.05, 0.1) is 6.61 Å². The number of hydrogen-bond acceptors (Lipinski definition) is 2. The monoisotopic (exact) mass is 159 g/mol. The fraction of sp³-hybridized carbons (Fsp3) is 0.571. The third-order valence-electron chi connectivity index (χ3n) is 1.05. The fourth-order valence-corrected chi connectivity index (χ4v) is 0.738. The zero-order chi connectivity index (χ0) is 7.98. The van der Waals surface area contributed by atoms with Gasteiger partial charge in [-0.05, 0) is 13.8 Å². The Kier molecular flexibility index (Phi) is 5.16. The minimum atomic E-state index is 0.487. The molecule has 0 amide bonds. The number of nitrogens with one attached hydrogen (secondary N) is 1. The summed E-state index contributed by atoms with van der Waals surface area (Å²) in [6.07, 6.45) is 1.96. The molecule has 0 bridgehead atoms. The smallest absolute Gasteiger partial charge is 0.106 e. The molecule has 0 rings (SSSR count). The molecule has 1 N–H and O–H groups in total. The van der Waals surface area contributed by atoms with Crippen molar-refractivity contribution >= 4 is 17.2 Å². The largest absolute Gasteiger partial charge is 0.378 e. The maximum absolute atomic E-state index is 4.92. The Balaban J connectivity index is 3.58. The first kappa shape index (κ1) is 9.59. The summed E-state index contributed by atoms with van der Waals surface area (Å²) in [6.45, 7) is 4.40. The van der Waals surface area contributed by atoms with E-state index in [0.717, 1.165) is 10.7 Å². The zero-order valence-electron chi connectivity index (χ0n) is 6.60. The van der Waals surface area contributed by atoms with Gasteiger partial charge in [-0.2, -0.15) is 0 Å². The van der Waals surface area contributed by atoms with E-state index in [0.29, 0.717) is 6.61 Å². The van der Waals surface area contributed by atoms with E-state index in [-0.39, 0.29) is 0 Å². The van der Waals surface area contributed by atoms with Gasteiger partial charge in [0, 0.05) is 12.8 Å². The molecule has 0 radical (unpaired) electrons. The van der Waals surface area contributed by atoms with Gasteiger partial charge in [0.1, 0.15) is 4.99 Å². The molecule has 0 spiro atoms.